The van der Waals surface area contributed by atoms with Gasteiger partial charge in [-0.1, -0.05) is 12.1 Å². The van der Waals surface area contributed by atoms with Gasteiger partial charge in [-0.05, 0) is 60.9 Å². The summed E-state index contributed by atoms with van der Waals surface area (Å²) in [5, 5.41) is 3.15. The number of hydrogen-bond donors (Lipinski definition) is 1. The van der Waals surface area contributed by atoms with Crippen LogP contribution in [0.5, 0.6) is 0 Å². The van der Waals surface area contributed by atoms with Gasteiger partial charge in [0.2, 0.25) is 10.0 Å². The molecule has 3 heterocycles. The molecular weight excluding hydrogens is 585 g/mol. The molecule has 2 aromatic heterocycles. The van der Waals surface area contributed by atoms with Gasteiger partial charge in [0.25, 0.3) is 11.8 Å². The number of aromatic nitrogens is 2. The van der Waals surface area contributed by atoms with Crippen LogP contribution in [0.3, 0.4) is 0 Å². The van der Waals surface area contributed by atoms with Crippen molar-refractivity contribution in [1.82, 2.24) is 19.8 Å². The number of rotatable bonds is 6. The molecule has 5 aromatic rings. The Bertz CT molecular complexity index is 2030. The second kappa shape index (κ2) is 11.1. The third kappa shape index (κ3) is 5.08. The van der Waals surface area contributed by atoms with Crippen molar-refractivity contribution >= 4 is 49.5 Å². The van der Waals surface area contributed by atoms with Crippen molar-refractivity contribution in [2.24, 2.45) is 7.05 Å². The fraction of sp³-hybridized carbons (Fsp3) is 0.281. The van der Waals surface area contributed by atoms with Gasteiger partial charge in [0, 0.05) is 57.2 Å². The normalized spacial score (nSPS) is 15.6. The lowest BCUT2D eigenvalue weighted by Gasteiger charge is -2.34. The van der Waals surface area contributed by atoms with Crippen molar-refractivity contribution in [3.63, 3.8) is 0 Å². The number of sulfonamides is 1. The lowest BCUT2D eigenvalue weighted by atomic mass is 9.88. The van der Waals surface area contributed by atoms with Crippen molar-refractivity contribution in [3.05, 3.63) is 83.4 Å². The average molecular weight is 618 g/mol. The summed E-state index contributed by atoms with van der Waals surface area (Å²) in [5.41, 5.74) is 3.71. The van der Waals surface area contributed by atoms with Crippen LogP contribution in [0.25, 0.3) is 33.3 Å². The topological polar surface area (TPSA) is 118 Å². The minimum absolute atomic E-state index is 0.208. The zero-order valence-corrected chi connectivity index (χ0v) is 25.6. The molecule has 1 aliphatic heterocycles. The van der Waals surface area contributed by atoms with E-state index >= 15 is 0 Å². The van der Waals surface area contributed by atoms with E-state index in [9.17, 15) is 22.4 Å². The van der Waals surface area contributed by atoms with Crippen molar-refractivity contribution in [3.8, 4) is 11.3 Å². The third-order valence-electron chi connectivity index (χ3n) is 8.36. The van der Waals surface area contributed by atoms with E-state index in [4.69, 9.17) is 4.42 Å². The molecule has 1 fully saturated rings. The SMILES string of the molecule is CNC(=O)c1c(-c2ccc(F)cc2)oc2cc(N(C)S(C)(=O)=O)c([C@@H]3CCCN(C(=O)c4nc5ccccc5n4C)C3)cc12. The lowest BCUT2D eigenvalue weighted by Crippen LogP contribution is -2.40. The van der Waals surface area contributed by atoms with E-state index < -0.39 is 21.7 Å². The zero-order valence-electron chi connectivity index (χ0n) is 24.8. The zero-order chi connectivity index (χ0) is 31.3. The Balaban J connectivity index is 1.47. The standard InChI is InChI=1S/C32H32FN5O5S/c1-34-31(39)28-23-16-22(20-8-7-15-38(18-20)32(40)30-35-24-9-5-6-10-25(24)36(30)2)26(37(3)44(4,41)42)17-27(23)43-29(28)19-11-13-21(33)14-12-19/h5-6,9-14,16-17,20H,7-8,15,18H2,1-4H3,(H,34,39)/t20-/m1/s1. The van der Waals surface area contributed by atoms with Crippen LogP contribution in [0.2, 0.25) is 0 Å². The highest BCUT2D eigenvalue weighted by molar-refractivity contribution is 7.92. The first-order chi connectivity index (χ1) is 21.0. The van der Waals surface area contributed by atoms with E-state index in [1.54, 1.807) is 21.6 Å². The first-order valence-electron chi connectivity index (χ1n) is 14.2. The van der Waals surface area contributed by atoms with E-state index in [1.165, 1.54) is 42.7 Å². The molecule has 10 nitrogen and oxygen atoms in total. The van der Waals surface area contributed by atoms with Crippen LogP contribution in [-0.2, 0) is 17.1 Å². The second-order valence-electron chi connectivity index (χ2n) is 11.1. The number of furan rings is 1. The minimum atomic E-state index is -3.68. The molecule has 1 atom stereocenters. The highest BCUT2D eigenvalue weighted by Crippen LogP contribution is 2.42. The van der Waals surface area contributed by atoms with Crippen LogP contribution in [0.1, 0.15) is 45.3 Å². The quantitative estimate of drug-likeness (QED) is 0.290. The molecule has 6 rings (SSSR count). The van der Waals surface area contributed by atoms with Crippen LogP contribution >= 0.6 is 0 Å². The highest BCUT2D eigenvalue weighted by Gasteiger charge is 2.32. The molecule has 44 heavy (non-hydrogen) atoms. The van der Waals surface area contributed by atoms with Crippen LogP contribution in [0.15, 0.2) is 65.1 Å². The molecule has 2 amide bonds. The minimum Gasteiger partial charge on any atom is -0.455 e. The molecule has 1 N–H and O–H groups in total. The van der Waals surface area contributed by atoms with Gasteiger partial charge in [0.15, 0.2) is 5.82 Å². The van der Waals surface area contributed by atoms with Gasteiger partial charge in [-0.2, -0.15) is 0 Å². The summed E-state index contributed by atoms with van der Waals surface area (Å²) in [6.45, 7) is 0.859. The molecule has 0 spiro atoms. The molecule has 3 aromatic carbocycles. The van der Waals surface area contributed by atoms with Crippen molar-refractivity contribution in [2.75, 3.05) is 37.7 Å². The van der Waals surface area contributed by atoms with E-state index in [0.717, 1.165) is 17.3 Å². The highest BCUT2D eigenvalue weighted by atomic mass is 32.2. The Kier molecular flexibility index (Phi) is 7.40. The predicted octanol–water partition coefficient (Wildman–Crippen LogP) is 4.90. The number of anilines is 1. The Morgan fingerprint density at radius 3 is 2.52 bits per heavy atom. The molecule has 1 saturated heterocycles. The monoisotopic (exact) mass is 617 g/mol. The number of nitrogens with zero attached hydrogens (tertiary/aromatic N) is 4. The second-order valence-corrected chi connectivity index (χ2v) is 13.1. The number of fused-ring (bicyclic) bond motifs is 2. The Morgan fingerprint density at radius 2 is 1.84 bits per heavy atom. The number of halogens is 1. The van der Waals surface area contributed by atoms with Gasteiger partial charge in [-0.15, -0.1) is 0 Å². The van der Waals surface area contributed by atoms with Crippen LogP contribution < -0.4 is 9.62 Å². The van der Waals surface area contributed by atoms with Gasteiger partial charge in [0.05, 0.1) is 28.5 Å². The fourth-order valence-electron chi connectivity index (χ4n) is 5.98. The van der Waals surface area contributed by atoms with Crippen LogP contribution in [0.4, 0.5) is 10.1 Å². The van der Waals surface area contributed by atoms with Crippen LogP contribution in [0, 0.1) is 5.82 Å². The van der Waals surface area contributed by atoms with Gasteiger partial charge < -0.3 is 19.2 Å². The first kappa shape index (κ1) is 29.4. The van der Waals surface area contributed by atoms with E-state index in [1.807, 2.05) is 31.3 Å². The maximum Gasteiger partial charge on any atom is 0.289 e. The molecule has 0 unspecified atom stereocenters. The Hall–Kier alpha value is -4.71. The number of aryl methyl sites for hydroxylation is 1. The average Bonchev–Trinajstić information content (AvgIpc) is 3.56. The van der Waals surface area contributed by atoms with Gasteiger partial charge in [-0.3, -0.25) is 13.9 Å². The number of likely N-dealkylation sites (tertiary alicyclic amines) is 1. The molecule has 0 radical (unpaired) electrons. The summed E-state index contributed by atoms with van der Waals surface area (Å²) in [7, 11) is 1.11. The first-order valence-corrected chi connectivity index (χ1v) is 16.1. The van der Waals surface area contributed by atoms with Gasteiger partial charge in [0.1, 0.15) is 17.2 Å². The number of piperidine rings is 1. The van der Waals surface area contributed by atoms with E-state index in [2.05, 4.69) is 10.3 Å². The van der Waals surface area contributed by atoms with Crippen molar-refractivity contribution in [1.29, 1.82) is 0 Å². The Labute approximate surface area is 254 Å². The molecule has 0 saturated carbocycles. The summed E-state index contributed by atoms with van der Waals surface area (Å²) < 4.78 is 48.4. The summed E-state index contributed by atoms with van der Waals surface area (Å²) in [5.74, 6) is -0.711. The summed E-state index contributed by atoms with van der Waals surface area (Å²) in [4.78, 5) is 33.3. The fourth-order valence-corrected chi connectivity index (χ4v) is 6.49. The molecule has 0 aliphatic carbocycles. The van der Waals surface area contributed by atoms with Gasteiger partial charge >= 0.3 is 0 Å². The number of hydrogen-bond acceptors (Lipinski definition) is 6. The van der Waals surface area contributed by atoms with Crippen molar-refractivity contribution in [2.45, 2.75) is 18.8 Å². The number of imidazole rings is 1. The summed E-state index contributed by atoms with van der Waals surface area (Å²) in [6, 6.07) is 16.6. The number of carbonyl (C=O) groups excluding carboxylic acids is 2. The lowest BCUT2D eigenvalue weighted by molar-refractivity contribution is 0.0691. The van der Waals surface area contributed by atoms with Gasteiger partial charge in [-0.25, -0.2) is 17.8 Å². The predicted molar refractivity (Wildman–Crippen MR) is 167 cm³/mol. The number of carbonyl (C=O) groups is 2. The van der Waals surface area contributed by atoms with Crippen LogP contribution in [-0.4, -0.2) is 68.1 Å². The van der Waals surface area contributed by atoms with E-state index in [-0.39, 0.29) is 23.1 Å². The Morgan fingerprint density at radius 1 is 1.11 bits per heavy atom. The molecule has 0 bridgehead atoms. The summed E-state index contributed by atoms with van der Waals surface area (Å²) >= 11 is 0. The third-order valence-corrected chi connectivity index (χ3v) is 9.55. The number of benzene rings is 3. The smallest absolute Gasteiger partial charge is 0.289 e. The number of amides is 2. The number of nitrogens with one attached hydrogen (secondary N) is 1. The van der Waals surface area contributed by atoms with E-state index in [0.29, 0.717) is 59.5 Å². The largest absolute Gasteiger partial charge is 0.455 e. The maximum atomic E-state index is 13.8. The molecule has 228 valence electrons. The maximum absolute atomic E-state index is 13.8. The molecular formula is C32H32FN5O5S. The molecule has 1 aliphatic rings. The summed E-state index contributed by atoms with van der Waals surface area (Å²) in [6.07, 6.45) is 2.50. The number of para-hydroxylation sites is 2. The molecule has 12 heteroatoms. The van der Waals surface area contributed by atoms with Crippen molar-refractivity contribution < 1.29 is 26.8 Å².